The summed E-state index contributed by atoms with van der Waals surface area (Å²) in [6, 6.07) is 15.3. The zero-order chi connectivity index (χ0) is 20.5. The molecule has 0 saturated carbocycles. The van der Waals surface area contributed by atoms with Crippen molar-refractivity contribution in [2.45, 2.75) is 26.3 Å². The highest BCUT2D eigenvalue weighted by atomic mass is 16.5. The molecule has 1 fully saturated rings. The molecule has 0 atom stereocenters. The highest BCUT2D eigenvalue weighted by Gasteiger charge is 2.15. The fraction of sp³-hybridized carbons (Fsp3) is 0.375. The normalized spacial score (nSPS) is 14.9. The van der Waals surface area contributed by atoms with Crippen LogP contribution in [0, 0.1) is 5.92 Å². The van der Waals surface area contributed by atoms with Crippen molar-refractivity contribution >= 4 is 11.6 Å². The molecule has 1 aliphatic heterocycles. The molecule has 0 bridgehead atoms. The maximum absolute atomic E-state index is 12.2. The second kappa shape index (κ2) is 10.7. The summed E-state index contributed by atoms with van der Waals surface area (Å²) in [5.74, 6) is 1.76. The minimum absolute atomic E-state index is 0.0812. The topological polar surface area (TPSA) is 50.8 Å². The number of benzene rings is 2. The maximum Gasteiger partial charge on any atom is 0.262 e. The lowest BCUT2D eigenvalue weighted by Crippen LogP contribution is -2.32. The number of nitrogens with zero attached hydrogens (tertiary/aromatic N) is 1. The number of nitrogens with one attached hydrogen (secondary N) is 1. The van der Waals surface area contributed by atoms with Gasteiger partial charge in [-0.05, 0) is 61.7 Å². The van der Waals surface area contributed by atoms with Crippen LogP contribution in [0.1, 0.15) is 25.3 Å². The van der Waals surface area contributed by atoms with E-state index in [1.54, 1.807) is 18.2 Å². The van der Waals surface area contributed by atoms with Gasteiger partial charge < -0.3 is 14.8 Å². The van der Waals surface area contributed by atoms with E-state index in [4.69, 9.17) is 9.47 Å². The minimum Gasteiger partial charge on any atom is -0.486 e. The number of hydrogen-bond donors (Lipinski definition) is 1. The summed E-state index contributed by atoms with van der Waals surface area (Å²) in [6.07, 6.45) is 4.21. The van der Waals surface area contributed by atoms with Crippen molar-refractivity contribution in [1.29, 1.82) is 0 Å². The van der Waals surface area contributed by atoms with Gasteiger partial charge in [0.25, 0.3) is 5.91 Å². The largest absolute Gasteiger partial charge is 0.486 e. The van der Waals surface area contributed by atoms with Gasteiger partial charge in [-0.15, -0.1) is 0 Å². The van der Waals surface area contributed by atoms with Crippen LogP contribution < -0.4 is 14.8 Å². The summed E-state index contributed by atoms with van der Waals surface area (Å²) >= 11 is 0. The van der Waals surface area contributed by atoms with Gasteiger partial charge in [-0.25, -0.2) is 0 Å². The van der Waals surface area contributed by atoms with Gasteiger partial charge in [0.2, 0.25) is 0 Å². The molecule has 0 aromatic heterocycles. The van der Waals surface area contributed by atoms with Gasteiger partial charge in [0.1, 0.15) is 6.61 Å². The number of likely N-dealkylation sites (tertiary alicyclic amines) is 1. The number of hydrogen-bond acceptors (Lipinski definition) is 4. The molecule has 154 valence electrons. The second-order valence-electron chi connectivity index (χ2n) is 7.54. The number of anilines is 1. The fourth-order valence-corrected chi connectivity index (χ4v) is 3.35. The fourth-order valence-electron chi connectivity index (χ4n) is 3.35. The summed E-state index contributed by atoms with van der Waals surface area (Å²) in [6.45, 7) is 9.55. The van der Waals surface area contributed by atoms with E-state index < -0.39 is 0 Å². The van der Waals surface area contributed by atoms with Crippen LogP contribution in [0.4, 0.5) is 5.69 Å². The summed E-state index contributed by atoms with van der Waals surface area (Å²) in [5, 5.41) is 2.88. The van der Waals surface area contributed by atoms with E-state index in [2.05, 4.69) is 35.9 Å². The van der Waals surface area contributed by atoms with Gasteiger partial charge in [0.05, 0.1) is 0 Å². The Hall–Kier alpha value is -2.79. The first-order valence-corrected chi connectivity index (χ1v) is 10.2. The van der Waals surface area contributed by atoms with E-state index >= 15 is 0 Å². The van der Waals surface area contributed by atoms with Crippen molar-refractivity contribution in [3.8, 4) is 11.5 Å². The number of para-hydroxylation sites is 2. The van der Waals surface area contributed by atoms with Gasteiger partial charge in [0, 0.05) is 12.2 Å². The van der Waals surface area contributed by atoms with Gasteiger partial charge >= 0.3 is 0 Å². The van der Waals surface area contributed by atoms with Crippen LogP contribution >= 0.6 is 0 Å². The van der Waals surface area contributed by atoms with Crippen molar-refractivity contribution in [3.05, 3.63) is 66.7 Å². The van der Waals surface area contributed by atoms with E-state index in [1.807, 2.05) is 24.3 Å². The molecule has 2 aromatic carbocycles. The average Bonchev–Trinajstić information content (AvgIpc) is 2.74. The number of amides is 1. The SMILES string of the molecule is C=CCOc1ccccc1OCC(=O)Nc1ccc(CN2CCC(C)CC2)cc1. The first-order valence-electron chi connectivity index (χ1n) is 10.2. The van der Waals surface area contributed by atoms with E-state index in [0.717, 1.165) is 31.2 Å². The average molecular weight is 395 g/mol. The van der Waals surface area contributed by atoms with E-state index in [9.17, 15) is 4.79 Å². The molecule has 1 saturated heterocycles. The lowest BCUT2D eigenvalue weighted by molar-refractivity contribution is -0.118. The monoisotopic (exact) mass is 394 g/mol. The Morgan fingerprint density at radius 1 is 1.10 bits per heavy atom. The molecule has 5 heteroatoms. The molecule has 0 radical (unpaired) electrons. The van der Waals surface area contributed by atoms with Crippen molar-refractivity contribution in [1.82, 2.24) is 4.90 Å². The van der Waals surface area contributed by atoms with Crippen LogP contribution in [0.2, 0.25) is 0 Å². The number of rotatable bonds is 9. The highest BCUT2D eigenvalue weighted by molar-refractivity contribution is 5.91. The van der Waals surface area contributed by atoms with Crippen molar-refractivity contribution < 1.29 is 14.3 Å². The van der Waals surface area contributed by atoms with Crippen LogP contribution in [-0.4, -0.2) is 37.1 Å². The smallest absolute Gasteiger partial charge is 0.262 e. The van der Waals surface area contributed by atoms with Crippen LogP contribution in [0.3, 0.4) is 0 Å². The lowest BCUT2D eigenvalue weighted by Gasteiger charge is -2.30. The Morgan fingerprint density at radius 3 is 2.41 bits per heavy atom. The van der Waals surface area contributed by atoms with Gasteiger partial charge in [-0.3, -0.25) is 9.69 Å². The van der Waals surface area contributed by atoms with E-state index in [1.165, 1.54) is 18.4 Å². The number of ether oxygens (including phenoxy) is 2. The van der Waals surface area contributed by atoms with E-state index in [0.29, 0.717) is 18.1 Å². The van der Waals surface area contributed by atoms with Crippen molar-refractivity contribution in [2.24, 2.45) is 5.92 Å². The summed E-state index contributed by atoms with van der Waals surface area (Å²) in [5.41, 5.74) is 2.04. The van der Waals surface area contributed by atoms with Gasteiger partial charge in [0.15, 0.2) is 18.1 Å². The zero-order valence-corrected chi connectivity index (χ0v) is 17.1. The molecule has 3 rings (SSSR count). The van der Waals surface area contributed by atoms with Gasteiger partial charge in [-0.2, -0.15) is 0 Å². The predicted octanol–water partition coefficient (Wildman–Crippen LogP) is 4.50. The molecule has 1 amide bonds. The first kappa shape index (κ1) is 20.9. The van der Waals surface area contributed by atoms with E-state index in [-0.39, 0.29) is 12.5 Å². The van der Waals surface area contributed by atoms with Crippen LogP contribution in [0.5, 0.6) is 11.5 Å². The Labute approximate surface area is 173 Å². The molecule has 0 spiro atoms. The standard InChI is InChI=1S/C24H30N2O3/c1-3-16-28-22-6-4-5-7-23(22)29-18-24(27)25-21-10-8-20(9-11-21)17-26-14-12-19(2)13-15-26/h3-11,19H,1,12-18H2,2H3,(H,25,27). The molecule has 29 heavy (non-hydrogen) atoms. The zero-order valence-electron chi connectivity index (χ0n) is 17.1. The quantitative estimate of drug-likeness (QED) is 0.636. The third-order valence-electron chi connectivity index (χ3n) is 5.08. The highest BCUT2D eigenvalue weighted by Crippen LogP contribution is 2.26. The van der Waals surface area contributed by atoms with Crippen molar-refractivity contribution in [2.75, 3.05) is 31.6 Å². The number of piperidine rings is 1. The second-order valence-corrected chi connectivity index (χ2v) is 7.54. The minimum atomic E-state index is -0.207. The third kappa shape index (κ3) is 6.64. The molecular weight excluding hydrogens is 364 g/mol. The Kier molecular flexibility index (Phi) is 7.70. The lowest BCUT2D eigenvalue weighted by atomic mass is 9.99. The van der Waals surface area contributed by atoms with Crippen LogP contribution in [0.25, 0.3) is 0 Å². The molecule has 0 aliphatic carbocycles. The summed E-state index contributed by atoms with van der Waals surface area (Å²) in [4.78, 5) is 14.7. The molecule has 2 aromatic rings. The predicted molar refractivity (Wildman–Crippen MR) is 116 cm³/mol. The number of carbonyl (C=O) groups excluding carboxylic acids is 1. The first-order chi connectivity index (χ1) is 14.1. The molecule has 1 heterocycles. The molecule has 1 aliphatic rings. The maximum atomic E-state index is 12.2. The summed E-state index contributed by atoms with van der Waals surface area (Å²) < 4.78 is 11.2. The van der Waals surface area contributed by atoms with Crippen LogP contribution in [-0.2, 0) is 11.3 Å². The number of carbonyl (C=O) groups is 1. The van der Waals surface area contributed by atoms with Crippen molar-refractivity contribution in [3.63, 3.8) is 0 Å². The Bertz CT molecular complexity index is 796. The van der Waals surface area contributed by atoms with Gasteiger partial charge in [-0.1, -0.05) is 43.8 Å². The molecule has 5 nitrogen and oxygen atoms in total. The molecular formula is C24H30N2O3. The summed E-state index contributed by atoms with van der Waals surface area (Å²) in [7, 11) is 0. The molecule has 0 unspecified atom stereocenters. The third-order valence-corrected chi connectivity index (χ3v) is 5.08. The Morgan fingerprint density at radius 2 is 1.76 bits per heavy atom. The molecule has 1 N–H and O–H groups in total. The van der Waals surface area contributed by atoms with Crippen LogP contribution in [0.15, 0.2) is 61.2 Å². The Balaban J connectivity index is 1.46.